The van der Waals surface area contributed by atoms with Crippen molar-refractivity contribution in [3.05, 3.63) is 11.4 Å². The molecular formula is C12H19N3O3. The van der Waals surface area contributed by atoms with Gasteiger partial charge in [-0.3, -0.25) is 4.79 Å². The molecule has 0 aromatic carbocycles. The summed E-state index contributed by atoms with van der Waals surface area (Å²) in [5.74, 6) is -0.886. The van der Waals surface area contributed by atoms with Crippen molar-refractivity contribution in [2.45, 2.75) is 51.2 Å². The van der Waals surface area contributed by atoms with Crippen LogP contribution >= 0.6 is 0 Å². The van der Waals surface area contributed by atoms with Gasteiger partial charge in [0.05, 0.1) is 30.5 Å². The van der Waals surface area contributed by atoms with Gasteiger partial charge in [-0.15, -0.1) is 5.10 Å². The molecule has 6 nitrogen and oxygen atoms in total. The first-order chi connectivity index (χ1) is 8.72. The first kappa shape index (κ1) is 13.0. The second-order valence-corrected chi connectivity index (χ2v) is 4.72. The van der Waals surface area contributed by atoms with Crippen molar-refractivity contribution in [1.29, 1.82) is 0 Å². The van der Waals surface area contributed by atoms with Gasteiger partial charge in [0.1, 0.15) is 0 Å². The number of nitrogens with zero attached hydrogens (tertiary/aromatic N) is 3. The number of methoxy groups -OCH3 is 1. The predicted octanol–water partition coefficient (Wildman–Crippen LogP) is 1.56. The normalized spacial score (nSPS) is 16.9. The van der Waals surface area contributed by atoms with Crippen LogP contribution in [0.3, 0.4) is 0 Å². The van der Waals surface area contributed by atoms with E-state index in [4.69, 9.17) is 9.84 Å². The van der Waals surface area contributed by atoms with Crippen LogP contribution in [-0.4, -0.2) is 33.2 Å². The fourth-order valence-electron chi connectivity index (χ4n) is 2.53. The van der Waals surface area contributed by atoms with Crippen LogP contribution in [-0.2, 0) is 22.6 Å². The summed E-state index contributed by atoms with van der Waals surface area (Å²) in [5.41, 5.74) is 1.33. The van der Waals surface area contributed by atoms with Gasteiger partial charge in [0.25, 0.3) is 0 Å². The van der Waals surface area contributed by atoms with Crippen molar-refractivity contribution in [2.75, 3.05) is 7.11 Å². The van der Waals surface area contributed by atoms with Crippen molar-refractivity contribution in [2.24, 2.45) is 0 Å². The lowest BCUT2D eigenvalue weighted by Crippen LogP contribution is -2.17. The van der Waals surface area contributed by atoms with Crippen LogP contribution in [0.5, 0.6) is 0 Å². The van der Waals surface area contributed by atoms with Crippen LogP contribution in [0.4, 0.5) is 0 Å². The molecule has 0 spiro atoms. The molecule has 1 saturated carbocycles. The van der Waals surface area contributed by atoms with Crippen molar-refractivity contribution >= 4 is 5.97 Å². The van der Waals surface area contributed by atoms with Crippen LogP contribution in [0.15, 0.2) is 0 Å². The lowest BCUT2D eigenvalue weighted by molar-refractivity contribution is -0.136. The van der Waals surface area contributed by atoms with E-state index in [2.05, 4.69) is 10.3 Å². The Bertz CT molecular complexity index is 411. The Morgan fingerprint density at radius 2 is 2.17 bits per heavy atom. The van der Waals surface area contributed by atoms with Crippen molar-refractivity contribution in [3.63, 3.8) is 0 Å². The molecule has 1 aliphatic rings. The molecule has 2 rings (SSSR count). The SMILES string of the molecule is COCc1c(CC(=O)O)nnn1C1CCCCC1. The van der Waals surface area contributed by atoms with E-state index in [1.807, 2.05) is 4.68 Å². The largest absolute Gasteiger partial charge is 0.481 e. The second-order valence-electron chi connectivity index (χ2n) is 4.72. The Labute approximate surface area is 106 Å². The Morgan fingerprint density at radius 3 is 2.78 bits per heavy atom. The Morgan fingerprint density at radius 1 is 1.44 bits per heavy atom. The van der Waals surface area contributed by atoms with E-state index >= 15 is 0 Å². The molecule has 0 bridgehead atoms. The van der Waals surface area contributed by atoms with Gasteiger partial charge in [-0.25, -0.2) is 4.68 Å². The molecule has 1 aromatic rings. The summed E-state index contributed by atoms with van der Waals surface area (Å²) in [4.78, 5) is 10.8. The number of rotatable bonds is 5. The number of carboxylic acid groups (broad SMARTS) is 1. The highest BCUT2D eigenvalue weighted by Gasteiger charge is 2.22. The van der Waals surface area contributed by atoms with E-state index < -0.39 is 5.97 Å². The third-order valence-corrected chi connectivity index (χ3v) is 3.39. The molecule has 6 heteroatoms. The van der Waals surface area contributed by atoms with Gasteiger partial charge in [0.15, 0.2) is 0 Å². The molecule has 0 amide bonds. The van der Waals surface area contributed by atoms with Crippen LogP contribution in [0, 0.1) is 0 Å². The highest BCUT2D eigenvalue weighted by Crippen LogP contribution is 2.29. The molecule has 100 valence electrons. The molecule has 0 aliphatic heterocycles. The molecule has 0 radical (unpaired) electrons. The summed E-state index contributed by atoms with van der Waals surface area (Å²) in [7, 11) is 1.60. The van der Waals surface area contributed by atoms with E-state index in [1.54, 1.807) is 7.11 Å². The van der Waals surface area contributed by atoms with Gasteiger partial charge in [-0.05, 0) is 12.8 Å². The lowest BCUT2D eigenvalue weighted by atomic mass is 9.95. The minimum atomic E-state index is -0.886. The fourth-order valence-corrected chi connectivity index (χ4v) is 2.53. The molecule has 1 heterocycles. The van der Waals surface area contributed by atoms with Gasteiger partial charge in [0.2, 0.25) is 0 Å². The summed E-state index contributed by atoms with van der Waals surface area (Å²) < 4.78 is 7.02. The van der Waals surface area contributed by atoms with Gasteiger partial charge in [-0.1, -0.05) is 24.5 Å². The van der Waals surface area contributed by atoms with Gasteiger partial charge in [-0.2, -0.15) is 0 Å². The maximum Gasteiger partial charge on any atom is 0.309 e. The average Bonchev–Trinajstić information content (AvgIpc) is 2.73. The summed E-state index contributed by atoms with van der Waals surface area (Å²) >= 11 is 0. The first-order valence-electron chi connectivity index (χ1n) is 6.36. The highest BCUT2D eigenvalue weighted by molar-refractivity contribution is 5.69. The van der Waals surface area contributed by atoms with E-state index in [0.29, 0.717) is 18.3 Å². The van der Waals surface area contributed by atoms with Crippen LogP contribution < -0.4 is 0 Å². The van der Waals surface area contributed by atoms with E-state index in [0.717, 1.165) is 18.5 Å². The topological polar surface area (TPSA) is 77.2 Å². The van der Waals surface area contributed by atoms with Gasteiger partial charge >= 0.3 is 5.97 Å². The molecule has 1 fully saturated rings. The number of aromatic nitrogens is 3. The van der Waals surface area contributed by atoms with E-state index in [9.17, 15) is 4.79 Å². The van der Waals surface area contributed by atoms with Crippen LogP contribution in [0.25, 0.3) is 0 Å². The van der Waals surface area contributed by atoms with Crippen LogP contribution in [0.2, 0.25) is 0 Å². The molecule has 1 aliphatic carbocycles. The Kier molecular flexibility index (Phi) is 4.30. The number of carboxylic acids is 1. The van der Waals surface area contributed by atoms with E-state index in [-0.39, 0.29) is 6.42 Å². The molecule has 0 unspecified atom stereocenters. The molecule has 1 aromatic heterocycles. The van der Waals surface area contributed by atoms with Crippen LogP contribution in [0.1, 0.15) is 49.5 Å². The monoisotopic (exact) mass is 253 g/mol. The predicted molar refractivity (Wildman–Crippen MR) is 64.2 cm³/mol. The Balaban J connectivity index is 2.22. The van der Waals surface area contributed by atoms with Crippen molar-refractivity contribution < 1.29 is 14.6 Å². The molecule has 0 atom stereocenters. The van der Waals surface area contributed by atoms with E-state index in [1.165, 1.54) is 19.3 Å². The second kappa shape index (κ2) is 5.95. The zero-order valence-electron chi connectivity index (χ0n) is 10.6. The summed E-state index contributed by atoms with van der Waals surface area (Å²) in [5, 5.41) is 17.0. The maximum absolute atomic E-state index is 10.8. The standard InChI is InChI=1S/C12H19N3O3/c1-18-8-11-10(7-12(16)17)13-14-15(11)9-5-3-2-4-6-9/h9H,2-8H2,1H3,(H,16,17). The third-order valence-electron chi connectivity index (χ3n) is 3.39. The zero-order valence-corrected chi connectivity index (χ0v) is 10.6. The summed E-state index contributed by atoms with van der Waals surface area (Å²) in [6.45, 7) is 0.367. The summed E-state index contributed by atoms with van der Waals surface area (Å²) in [6.07, 6.45) is 5.76. The Hall–Kier alpha value is -1.43. The van der Waals surface area contributed by atoms with Crippen molar-refractivity contribution in [1.82, 2.24) is 15.0 Å². The minimum absolute atomic E-state index is 0.0919. The zero-order chi connectivity index (χ0) is 13.0. The summed E-state index contributed by atoms with van der Waals surface area (Å²) in [6, 6.07) is 0.346. The number of carbonyl (C=O) groups is 1. The number of ether oxygens (including phenoxy) is 1. The highest BCUT2D eigenvalue weighted by atomic mass is 16.5. The quantitative estimate of drug-likeness (QED) is 0.861. The van der Waals surface area contributed by atoms with Gasteiger partial charge in [0, 0.05) is 7.11 Å². The fraction of sp³-hybridized carbons (Fsp3) is 0.750. The number of aliphatic carboxylic acids is 1. The number of hydrogen-bond acceptors (Lipinski definition) is 4. The molecule has 1 N–H and O–H groups in total. The van der Waals surface area contributed by atoms with Gasteiger partial charge < -0.3 is 9.84 Å². The average molecular weight is 253 g/mol. The minimum Gasteiger partial charge on any atom is -0.481 e. The number of hydrogen-bond donors (Lipinski definition) is 1. The van der Waals surface area contributed by atoms with Crippen molar-refractivity contribution in [3.8, 4) is 0 Å². The molecular weight excluding hydrogens is 234 g/mol. The molecule has 0 saturated heterocycles. The maximum atomic E-state index is 10.8. The smallest absolute Gasteiger partial charge is 0.309 e. The molecule has 18 heavy (non-hydrogen) atoms. The first-order valence-corrected chi connectivity index (χ1v) is 6.36. The third kappa shape index (κ3) is 2.87. The lowest BCUT2D eigenvalue weighted by Gasteiger charge is -2.23.